The van der Waals surface area contributed by atoms with Crippen LogP contribution in [-0.4, -0.2) is 29.7 Å². The number of ketones is 1. The zero-order valence-electron chi connectivity index (χ0n) is 13.6. The molecule has 0 saturated carbocycles. The minimum Gasteiger partial charge on any atom is -0.496 e. The third-order valence-corrected chi connectivity index (χ3v) is 4.33. The lowest BCUT2D eigenvalue weighted by atomic mass is 10.1. The Morgan fingerprint density at radius 2 is 2.00 bits per heavy atom. The number of benzene rings is 2. The fourth-order valence-corrected chi connectivity index (χ4v) is 2.89. The minimum absolute atomic E-state index is 0.0332. The van der Waals surface area contributed by atoms with Gasteiger partial charge in [0.05, 0.1) is 12.9 Å². The van der Waals surface area contributed by atoms with Crippen molar-refractivity contribution in [2.45, 2.75) is 5.75 Å². The normalized spacial score (nSPS) is 10.8. The molecule has 2 rings (SSSR count). The molecule has 0 aliphatic rings. The Hall–Kier alpha value is -2.60. The van der Waals surface area contributed by atoms with Crippen molar-refractivity contribution >= 4 is 29.6 Å². The Bertz CT molecular complexity index is 802. The van der Waals surface area contributed by atoms with E-state index in [4.69, 9.17) is 9.84 Å². The monoisotopic (exact) mass is 360 g/mol. The van der Waals surface area contributed by atoms with Crippen LogP contribution in [0.4, 0.5) is 4.39 Å². The lowest BCUT2D eigenvalue weighted by Crippen LogP contribution is -2.01. The molecule has 0 saturated heterocycles. The summed E-state index contributed by atoms with van der Waals surface area (Å²) in [6.45, 7) is 0. The van der Waals surface area contributed by atoms with Crippen LogP contribution >= 0.6 is 11.8 Å². The van der Waals surface area contributed by atoms with Gasteiger partial charge in [0.2, 0.25) is 0 Å². The summed E-state index contributed by atoms with van der Waals surface area (Å²) in [5.41, 5.74) is 1.50. The third-order valence-electron chi connectivity index (χ3n) is 3.37. The summed E-state index contributed by atoms with van der Waals surface area (Å²) in [7, 11) is 1.51. The van der Waals surface area contributed by atoms with Crippen LogP contribution in [0, 0.1) is 5.82 Å². The van der Waals surface area contributed by atoms with E-state index >= 15 is 0 Å². The largest absolute Gasteiger partial charge is 0.496 e. The first-order valence-electron chi connectivity index (χ1n) is 7.44. The maximum atomic E-state index is 13.6. The maximum absolute atomic E-state index is 13.6. The van der Waals surface area contributed by atoms with E-state index in [1.807, 2.05) is 0 Å². The topological polar surface area (TPSA) is 63.6 Å². The van der Waals surface area contributed by atoms with Crippen molar-refractivity contribution in [3.8, 4) is 5.75 Å². The van der Waals surface area contributed by atoms with Gasteiger partial charge in [-0.05, 0) is 36.4 Å². The van der Waals surface area contributed by atoms with Crippen LogP contribution in [-0.2, 0) is 10.5 Å². The number of carbonyl (C=O) groups is 2. The summed E-state index contributed by atoms with van der Waals surface area (Å²) in [6.07, 6.45) is 2.75. The number of hydrogen-bond donors (Lipinski definition) is 1. The number of hydrogen-bond acceptors (Lipinski definition) is 4. The Labute approximate surface area is 149 Å². The van der Waals surface area contributed by atoms with Crippen LogP contribution in [0.25, 0.3) is 6.08 Å². The molecule has 0 aliphatic heterocycles. The van der Waals surface area contributed by atoms with E-state index in [1.165, 1.54) is 37.1 Å². The predicted molar refractivity (Wildman–Crippen MR) is 96.6 cm³/mol. The molecular weight excluding hydrogens is 343 g/mol. The number of carbonyl (C=O) groups excluding carboxylic acids is 1. The summed E-state index contributed by atoms with van der Waals surface area (Å²) in [4.78, 5) is 22.9. The molecule has 0 aromatic heterocycles. The molecular formula is C19H17FO4S. The summed E-state index contributed by atoms with van der Waals surface area (Å²) >= 11 is 1.22. The van der Waals surface area contributed by atoms with E-state index in [1.54, 1.807) is 36.4 Å². The second-order valence-corrected chi connectivity index (χ2v) is 6.12. The molecule has 0 atom stereocenters. The summed E-state index contributed by atoms with van der Waals surface area (Å²) < 4.78 is 18.8. The number of carboxylic acids is 1. The smallest absolute Gasteiger partial charge is 0.313 e. The van der Waals surface area contributed by atoms with Gasteiger partial charge in [-0.3, -0.25) is 9.59 Å². The maximum Gasteiger partial charge on any atom is 0.313 e. The van der Waals surface area contributed by atoms with Crippen LogP contribution in [0.15, 0.2) is 48.5 Å². The number of methoxy groups -OCH3 is 1. The SMILES string of the molecule is COc1ccc(C(=O)/C=C/c2ccccc2F)cc1CSCC(=O)O. The van der Waals surface area contributed by atoms with Crippen LogP contribution in [0.2, 0.25) is 0 Å². The molecule has 0 heterocycles. The number of carboxylic acid groups (broad SMARTS) is 1. The lowest BCUT2D eigenvalue weighted by Gasteiger charge is -2.09. The molecule has 2 aromatic carbocycles. The van der Waals surface area contributed by atoms with Gasteiger partial charge in [0.15, 0.2) is 5.78 Å². The number of rotatable bonds is 8. The van der Waals surface area contributed by atoms with E-state index in [0.29, 0.717) is 22.6 Å². The number of halogens is 1. The average Bonchev–Trinajstić information content (AvgIpc) is 2.60. The van der Waals surface area contributed by atoms with Crippen LogP contribution in [0.5, 0.6) is 5.75 Å². The van der Waals surface area contributed by atoms with Gasteiger partial charge in [-0.2, -0.15) is 0 Å². The Morgan fingerprint density at radius 1 is 1.24 bits per heavy atom. The highest BCUT2D eigenvalue weighted by Gasteiger charge is 2.10. The molecule has 2 aromatic rings. The van der Waals surface area contributed by atoms with Gasteiger partial charge < -0.3 is 9.84 Å². The van der Waals surface area contributed by atoms with Crippen molar-refractivity contribution in [1.82, 2.24) is 0 Å². The van der Waals surface area contributed by atoms with Crippen LogP contribution < -0.4 is 4.74 Å². The van der Waals surface area contributed by atoms with Crippen LogP contribution in [0.1, 0.15) is 21.5 Å². The molecule has 25 heavy (non-hydrogen) atoms. The number of thioether (sulfide) groups is 1. The molecule has 0 spiro atoms. The molecule has 4 nitrogen and oxygen atoms in total. The fourth-order valence-electron chi connectivity index (χ4n) is 2.16. The van der Waals surface area contributed by atoms with E-state index in [9.17, 15) is 14.0 Å². The van der Waals surface area contributed by atoms with E-state index < -0.39 is 11.8 Å². The van der Waals surface area contributed by atoms with Gasteiger partial charge in [0.1, 0.15) is 11.6 Å². The zero-order chi connectivity index (χ0) is 18.2. The molecule has 0 bridgehead atoms. The highest BCUT2D eigenvalue weighted by molar-refractivity contribution is 7.99. The van der Waals surface area contributed by atoms with Crippen molar-refractivity contribution in [3.05, 3.63) is 71.0 Å². The Balaban J connectivity index is 2.16. The minimum atomic E-state index is -0.899. The third kappa shape index (κ3) is 5.46. The van der Waals surface area contributed by atoms with Gasteiger partial charge in [0.25, 0.3) is 0 Å². The molecule has 0 aliphatic carbocycles. The van der Waals surface area contributed by atoms with E-state index in [2.05, 4.69) is 0 Å². The number of ether oxygens (including phenoxy) is 1. The van der Waals surface area contributed by atoms with Gasteiger partial charge in [-0.15, -0.1) is 11.8 Å². The predicted octanol–water partition coefficient (Wildman–Crippen LogP) is 4.05. The Kier molecular flexibility index (Phi) is 6.77. The standard InChI is InChI=1S/C19H17FO4S/c1-24-18-9-7-14(10-15(18)11-25-12-19(22)23)17(21)8-6-13-4-2-3-5-16(13)20/h2-10H,11-12H2,1H3,(H,22,23)/b8-6+. The van der Waals surface area contributed by atoms with Gasteiger partial charge in [0, 0.05) is 22.4 Å². The Morgan fingerprint density at radius 3 is 2.68 bits per heavy atom. The van der Waals surface area contributed by atoms with Crippen LogP contribution in [0.3, 0.4) is 0 Å². The van der Waals surface area contributed by atoms with Gasteiger partial charge >= 0.3 is 5.97 Å². The fraction of sp³-hybridized carbons (Fsp3) is 0.158. The highest BCUT2D eigenvalue weighted by atomic mass is 32.2. The molecule has 0 amide bonds. The summed E-state index contributed by atoms with van der Waals surface area (Å²) in [5.74, 6) is -0.596. The first kappa shape index (κ1) is 18.7. The quantitative estimate of drug-likeness (QED) is 0.568. The summed E-state index contributed by atoms with van der Waals surface area (Å²) in [6, 6.07) is 11.1. The zero-order valence-corrected chi connectivity index (χ0v) is 14.4. The van der Waals surface area contributed by atoms with Crippen molar-refractivity contribution < 1.29 is 23.8 Å². The first-order chi connectivity index (χ1) is 12.0. The lowest BCUT2D eigenvalue weighted by molar-refractivity contribution is -0.133. The first-order valence-corrected chi connectivity index (χ1v) is 8.60. The highest BCUT2D eigenvalue weighted by Crippen LogP contribution is 2.25. The molecule has 130 valence electrons. The van der Waals surface area contributed by atoms with Crippen molar-refractivity contribution in [1.29, 1.82) is 0 Å². The molecule has 0 unspecified atom stereocenters. The molecule has 0 fully saturated rings. The number of allylic oxidation sites excluding steroid dienone is 1. The van der Waals surface area contributed by atoms with Crippen molar-refractivity contribution in [2.24, 2.45) is 0 Å². The molecule has 1 N–H and O–H groups in total. The average molecular weight is 360 g/mol. The summed E-state index contributed by atoms with van der Waals surface area (Å²) in [5, 5.41) is 8.72. The van der Waals surface area contributed by atoms with E-state index in [-0.39, 0.29) is 11.5 Å². The molecule has 6 heteroatoms. The van der Waals surface area contributed by atoms with Crippen molar-refractivity contribution in [3.63, 3.8) is 0 Å². The second-order valence-electron chi connectivity index (χ2n) is 5.13. The van der Waals surface area contributed by atoms with E-state index in [0.717, 1.165) is 5.56 Å². The second kappa shape index (κ2) is 9.03. The molecule has 0 radical (unpaired) electrons. The van der Waals surface area contributed by atoms with Gasteiger partial charge in [-0.1, -0.05) is 18.2 Å². The van der Waals surface area contributed by atoms with Gasteiger partial charge in [-0.25, -0.2) is 4.39 Å². The number of aliphatic carboxylic acids is 1. The van der Waals surface area contributed by atoms with Crippen molar-refractivity contribution in [2.75, 3.05) is 12.9 Å².